The zero-order chi connectivity index (χ0) is 15.1. The van der Waals surface area contributed by atoms with Crippen LogP contribution in [0.15, 0.2) is 47.1 Å². The lowest BCUT2D eigenvalue weighted by Crippen LogP contribution is -2.24. The average Bonchev–Trinajstić information content (AvgIpc) is 2.98. The maximum atomic E-state index is 12.0. The van der Waals surface area contributed by atoms with Gasteiger partial charge in [-0.3, -0.25) is 9.69 Å². The zero-order valence-electron chi connectivity index (χ0n) is 12.2. The molecule has 0 fully saturated rings. The van der Waals surface area contributed by atoms with Crippen LogP contribution in [0.25, 0.3) is 0 Å². The summed E-state index contributed by atoms with van der Waals surface area (Å²) in [5.74, 6) is 0.883. The minimum atomic E-state index is -0.0119. The Bertz CT molecular complexity index is 567. The standard InChI is InChI=1S/C16H21N3O2/c1-19(12-14-6-4-10-21-14)9-8-16(20)18-15-7-3-2-5-13(15)11-17/h2-7,10H,8-9,11-12,17H2,1H3,(H,18,20). The Hall–Kier alpha value is -2.11. The van der Waals surface area contributed by atoms with E-state index in [1.54, 1.807) is 6.26 Å². The van der Waals surface area contributed by atoms with Gasteiger partial charge in [0.05, 0.1) is 12.8 Å². The molecule has 5 nitrogen and oxygen atoms in total. The van der Waals surface area contributed by atoms with Gasteiger partial charge in [-0.2, -0.15) is 0 Å². The van der Waals surface area contributed by atoms with E-state index in [1.807, 2.05) is 48.3 Å². The number of anilines is 1. The van der Waals surface area contributed by atoms with Crippen molar-refractivity contribution in [1.82, 2.24) is 4.90 Å². The molecule has 2 rings (SSSR count). The van der Waals surface area contributed by atoms with Crippen LogP contribution in [0.4, 0.5) is 5.69 Å². The van der Waals surface area contributed by atoms with E-state index in [-0.39, 0.29) is 5.91 Å². The molecule has 0 spiro atoms. The van der Waals surface area contributed by atoms with Gasteiger partial charge in [-0.05, 0) is 30.8 Å². The second kappa shape index (κ2) is 7.61. The quantitative estimate of drug-likeness (QED) is 0.819. The van der Waals surface area contributed by atoms with Crippen LogP contribution in [-0.2, 0) is 17.9 Å². The van der Waals surface area contributed by atoms with Crippen molar-refractivity contribution in [3.05, 3.63) is 54.0 Å². The van der Waals surface area contributed by atoms with Crippen molar-refractivity contribution in [2.24, 2.45) is 5.73 Å². The predicted octanol–water partition coefficient (Wildman–Crippen LogP) is 2.20. The fourth-order valence-corrected chi connectivity index (χ4v) is 2.07. The molecule has 5 heteroatoms. The van der Waals surface area contributed by atoms with Gasteiger partial charge in [0.25, 0.3) is 0 Å². The maximum absolute atomic E-state index is 12.0. The topological polar surface area (TPSA) is 71.5 Å². The number of carbonyl (C=O) groups excluding carboxylic acids is 1. The molecule has 0 aliphatic carbocycles. The van der Waals surface area contributed by atoms with E-state index in [0.29, 0.717) is 26.1 Å². The van der Waals surface area contributed by atoms with E-state index in [0.717, 1.165) is 17.0 Å². The molecule has 0 bridgehead atoms. The second-order valence-electron chi connectivity index (χ2n) is 4.98. The third kappa shape index (κ3) is 4.73. The number of hydrogen-bond donors (Lipinski definition) is 2. The molecule has 3 N–H and O–H groups in total. The number of rotatable bonds is 7. The Morgan fingerprint density at radius 2 is 2.10 bits per heavy atom. The van der Waals surface area contributed by atoms with Gasteiger partial charge in [0.2, 0.25) is 5.91 Å². The number of nitrogens with one attached hydrogen (secondary N) is 1. The number of amides is 1. The largest absolute Gasteiger partial charge is 0.468 e. The first-order valence-corrected chi connectivity index (χ1v) is 6.98. The van der Waals surface area contributed by atoms with E-state index in [2.05, 4.69) is 5.32 Å². The molecule has 0 saturated carbocycles. The van der Waals surface area contributed by atoms with Gasteiger partial charge in [-0.15, -0.1) is 0 Å². The molecule has 21 heavy (non-hydrogen) atoms. The summed E-state index contributed by atoms with van der Waals surface area (Å²) >= 11 is 0. The summed E-state index contributed by atoms with van der Waals surface area (Å²) in [6, 6.07) is 11.4. The first-order chi connectivity index (χ1) is 10.2. The van der Waals surface area contributed by atoms with Crippen LogP contribution in [0.1, 0.15) is 17.7 Å². The first-order valence-electron chi connectivity index (χ1n) is 6.98. The van der Waals surface area contributed by atoms with Gasteiger partial charge in [0.15, 0.2) is 0 Å². The average molecular weight is 287 g/mol. The summed E-state index contributed by atoms with van der Waals surface area (Å²) in [5, 5.41) is 2.91. The predicted molar refractivity (Wildman–Crippen MR) is 82.6 cm³/mol. The van der Waals surface area contributed by atoms with Crippen molar-refractivity contribution < 1.29 is 9.21 Å². The lowest BCUT2D eigenvalue weighted by atomic mass is 10.1. The van der Waals surface area contributed by atoms with Crippen LogP contribution in [0.5, 0.6) is 0 Å². The highest BCUT2D eigenvalue weighted by molar-refractivity contribution is 5.91. The van der Waals surface area contributed by atoms with Gasteiger partial charge in [0.1, 0.15) is 5.76 Å². The Morgan fingerprint density at radius 1 is 1.29 bits per heavy atom. The third-order valence-electron chi connectivity index (χ3n) is 3.24. The van der Waals surface area contributed by atoms with E-state index < -0.39 is 0 Å². The number of benzene rings is 1. The normalized spacial score (nSPS) is 10.8. The molecule has 2 aromatic rings. The van der Waals surface area contributed by atoms with Crippen molar-refractivity contribution in [2.75, 3.05) is 18.9 Å². The number of hydrogen-bond acceptors (Lipinski definition) is 4. The van der Waals surface area contributed by atoms with Crippen molar-refractivity contribution in [3.8, 4) is 0 Å². The highest BCUT2D eigenvalue weighted by Crippen LogP contribution is 2.14. The number of furan rings is 1. The SMILES string of the molecule is CN(CCC(=O)Nc1ccccc1CN)Cc1ccco1. The molecular formula is C16H21N3O2. The maximum Gasteiger partial charge on any atom is 0.225 e. The van der Waals surface area contributed by atoms with E-state index in [9.17, 15) is 4.79 Å². The van der Waals surface area contributed by atoms with Crippen LogP contribution in [0.2, 0.25) is 0 Å². The summed E-state index contributed by atoms with van der Waals surface area (Å²) in [6.07, 6.45) is 2.08. The van der Waals surface area contributed by atoms with Crippen LogP contribution < -0.4 is 11.1 Å². The number of para-hydroxylation sites is 1. The Balaban J connectivity index is 1.79. The molecule has 0 radical (unpaired) electrons. The van der Waals surface area contributed by atoms with Gasteiger partial charge in [-0.25, -0.2) is 0 Å². The van der Waals surface area contributed by atoms with Crippen molar-refractivity contribution in [2.45, 2.75) is 19.5 Å². The van der Waals surface area contributed by atoms with Gasteiger partial charge in [0, 0.05) is 25.2 Å². The number of nitrogens with zero attached hydrogens (tertiary/aromatic N) is 1. The van der Waals surface area contributed by atoms with Crippen molar-refractivity contribution in [3.63, 3.8) is 0 Å². The number of nitrogens with two attached hydrogens (primary N) is 1. The minimum absolute atomic E-state index is 0.0119. The van der Waals surface area contributed by atoms with Crippen LogP contribution in [0.3, 0.4) is 0 Å². The molecule has 1 aromatic carbocycles. The molecule has 0 aliphatic rings. The molecular weight excluding hydrogens is 266 g/mol. The van der Waals surface area contributed by atoms with Gasteiger partial charge < -0.3 is 15.5 Å². The summed E-state index contributed by atoms with van der Waals surface area (Å²) in [7, 11) is 1.96. The number of carbonyl (C=O) groups is 1. The molecule has 0 atom stereocenters. The molecule has 1 amide bonds. The molecule has 112 valence electrons. The summed E-state index contributed by atoms with van der Waals surface area (Å²) in [5.41, 5.74) is 7.38. The monoisotopic (exact) mass is 287 g/mol. The Labute approximate surface area is 124 Å². The smallest absolute Gasteiger partial charge is 0.225 e. The lowest BCUT2D eigenvalue weighted by Gasteiger charge is -2.15. The van der Waals surface area contributed by atoms with Crippen molar-refractivity contribution >= 4 is 11.6 Å². The van der Waals surface area contributed by atoms with E-state index in [4.69, 9.17) is 10.2 Å². The summed E-state index contributed by atoms with van der Waals surface area (Å²) in [4.78, 5) is 14.0. The minimum Gasteiger partial charge on any atom is -0.468 e. The fourth-order valence-electron chi connectivity index (χ4n) is 2.07. The zero-order valence-corrected chi connectivity index (χ0v) is 12.2. The third-order valence-corrected chi connectivity index (χ3v) is 3.24. The Morgan fingerprint density at radius 3 is 2.81 bits per heavy atom. The second-order valence-corrected chi connectivity index (χ2v) is 4.98. The van der Waals surface area contributed by atoms with Crippen molar-refractivity contribution in [1.29, 1.82) is 0 Å². The van der Waals surface area contributed by atoms with Crippen LogP contribution in [0, 0.1) is 0 Å². The highest BCUT2D eigenvalue weighted by Gasteiger charge is 2.08. The van der Waals surface area contributed by atoms with Gasteiger partial charge in [-0.1, -0.05) is 18.2 Å². The molecule has 0 unspecified atom stereocenters. The molecule has 0 aliphatic heterocycles. The highest BCUT2D eigenvalue weighted by atomic mass is 16.3. The van der Waals surface area contributed by atoms with E-state index in [1.165, 1.54) is 0 Å². The fraction of sp³-hybridized carbons (Fsp3) is 0.312. The first kappa shape index (κ1) is 15.3. The molecule has 1 heterocycles. The van der Waals surface area contributed by atoms with E-state index >= 15 is 0 Å². The Kier molecular flexibility index (Phi) is 5.54. The molecule has 0 saturated heterocycles. The van der Waals surface area contributed by atoms with Crippen LogP contribution >= 0.6 is 0 Å². The van der Waals surface area contributed by atoms with Gasteiger partial charge >= 0.3 is 0 Å². The summed E-state index contributed by atoms with van der Waals surface area (Å²) in [6.45, 7) is 1.77. The summed E-state index contributed by atoms with van der Waals surface area (Å²) < 4.78 is 5.28. The molecule has 1 aromatic heterocycles. The lowest BCUT2D eigenvalue weighted by molar-refractivity contribution is -0.116. The van der Waals surface area contributed by atoms with Crippen LogP contribution in [-0.4, -0.2) is 24.4 Å².